The van der Waals surface area contributed by atoms with Crippen molar-refractivity contribution in [3.05, 3.63) is 46.8 Å². The number of esters is 1. The van der Waals surface area contributed by atoms with E-state index in [1.54, 1.807) is 19.9 Å². The zero-order chi connectivity index (χ0) is 20.7. The third-order valence-electron chi connectivity index (χ3n) is 4.10. The molecule has 152 valence electrons. The monoisotopic (exact) mass is 388 g/mol. The number of benzene rings is 1. The van der Waals surface area contributed by atoms with Gasteiger partial charge in [-0.25, -0.2) is 4.79 Å². The Bertz CT molecular complexity index is 826. The lowest BCUT2D eigenvalue weighted by Crippen LogP contribution is -2.16. The Hall–Kier alpha value is -2.80. The topological polar surface area (TPSA) is 89.7 Å². The van der Waals surface area contributed by atoms with E-state index in [-0.39, 0.29) is 12.5 Å². The van der Waals surface area contributed by atoms with Crippen molar-refractivity contribution in [2.75, 3.05) is 32.2 Å². The highest BCUT2D eigenvalue weighted by Gasteiger charge is 2.23. The molecule has 0 radical (unpaired) electrons. The molecule has 0 fully saturated rings. The van der Waals surface area contributed by atoms with Crippen LogP contribution >= 0.6 is 0 Å². The second kappa shape index (κ2) is 9.94. The minimum Gasteiger partial charge on any atom is -0.491 e. The number of methoxy groups -OCH3 is 1. The number of H-pyrrole nitrogens is 1. The Balaban J connectivity index is 2.18. The highest BCUT2D eigenvalue weighted by molar-refractivity contribution is 6.07. The van der Waals surface area contributed by atoms with Gasteiger partial charge in [-0.05, 0) is 37.5 Å². The lowest BCUT2D eigenvalue weighted by atomic mass is 10.1. The van der Waals surface area contributed by atoms with Gasteiger partial charge < -0.3 is 24.5 Å². The summed E-state index contributed by atoms with van der Waals surface area (Å²) in [6.07, 6.45) is 0. The third kappa shape index (κ3) is 5.36. The van der Waals surface area contributed by atoms with Crippen LogP contribution in [0, 0.1) is 19.8 Å². The molecular weight excluding hydrogens is 360 g/mol. The number of carbonyl (C=O) groups excluding carboxylic acids is 2. The van der Waals surface area contributed by atoms with E-state index in [4.69, 9.17) is 14.2 Å². The highest BCUT2D eigenvalue weighted by atomic mass is 16.6. The van der Waals surface area contributed by atoms with Gasteiger partial charge >= 0.3 is 5.97 Å². The molecule has 1 amide bonds. The van der Waals surface area contributed by atoms with Crippen LogP contribution in [0.3, 0.4) is 0 Å². The number of rotatable bonds is 9. The van der Waals surface area contributed by atoms with Gasteiger partial charge in [-0.15, -0.1) is 0 Å². The van der Waals surface area contributed by atoms with Crippen molar-refractivity contribution in [2.45, 2.75) is 27.7 Å². The molecule has 0 bridgehead atoms. The average molecular weight is 388 g/mol. The molecule has 0 aliphatic carbocycles. The van der Waals surface area contributed by atoms with Crippen molar-refractivity contribution in [2.24, 2.45) is 5.92 Å². The molecule has 0 spiro atoms. The fourth-order valence-corrected chi connectivity index (χ4v) is 2.71. The Kier molecular flexibility index (Phi) is 7.63. The number of carbonyl (C=O) groups is 2. The summed E-state index contributed by atoms with van der Waals surface area (Å²) in [4.78, 5) is 28.1. The molecule has 2 rings (SSSR count). The van der Waals surface area contributed by atoms with Gasteiger partial charge in [0.1, 0.15) is 18.1 Å². The van der Waals surface area contributed by atoms with Crippen molar-refractivity contribution in [1.82, 2.24) is 4.98 Å². The van der Waals surface area contributed by atoms with Crippen LogP contribution in [-0.2, 0) is 9.47 Å². The molecule has 1 aromatic carbocycles. The quantitative estimate of drug-likeness (QED) is 0.505. The Morgan fingerprint density at radius 2 is 1.86 bits per heavy atom. The fraction of sp³-hybridized carbons (Fsp3) is 0.429. The molecule has 0 saturated carbocycles. The standard InChI is InChI=1S/C21H28N2O5/c1-13(2)12-28-17-9-7-6-8-16(17)23-20(24)19-14(3)18(15(4)22-19)21(25)27-11-10-26-5/h6-9,13,22H,10-12H2,1-5H3,(H,23,24). The number of anilines is 1. The number of aromatic amines is 1. The summed E-state index contributed by atoms with van der Waals surface area (Å²) in [6, 6.07) is 7.26. The van der Waals surface area contributed by atoms with Gasteiger partial charge in [0.25, 0.3) is 5.91 Å². The van der Waals surface area contributed by atoms with Gasteiger partial charge in [-0.2, -0.15) is 0 Å². The van der Waals surface area contributed by atoms with E-state index in [2.05, 4.69) is 24.1 Å². The normalized spacial score (nSPS) is 10.8. The first kappa shape index (κ1) is 21.5. The number of aromatic nitrogens is 1. The molecule has 2 N–H and O–H groups in total. The van der Waals surface area contributed by atoms with Crippen LogP contribution in [0.4, 0.5) is 5.69 Å². The zero-order valence-electron chi connectivity index (χ0n) is 17.0. The second-order valence-corrected chi connectivity index (χ2v) is 6.91. The Morgan fingerprint density at radius 1 is 1.14 bits per heavy atom. The summed E-state index contributed by atoms with van der Waals surface area (Å²) >= 11 is 0. The van der Waals surface area contributed by atoms with E-state index in [9.17, 15) is 9.59 Å². The minimum absolute atomic E-state index is 0.154. The van der Waals surface area contributed by atoms with E-state index >= 15 is 0 Å². The van der Waals surface area contributed by atoms with E-state index < -0.39 is 5.97 Å². The number of nitrogens with one attached hydrogen (secondary N) is 2. The molecule has 1 aromatic heterocycles. The van der Waals surface area contributed by atoms with Gasteiger partial charge in [0, 0.05) is 12.8 Å². The molecule has 0 saturated heterocycles. The summed E-state index contributed by atoms with van der Waals surface area (Å²) in [5, 5.41) is 2.86. The fourth-order valence-electron chi connectivity index (χ4n) is 2.71. The Labute approximate surface area is 165 Å². The average Bonchev–Trinajstić information content (AvgIpc) is 2.95. The van der Waals surface area contributed by atoms with Crippen LogP contribution < -0.4 is 10.1 Å². The number of ether oxygens (including phenoxy) is 3. The first-order valence-electron chi connectivity index (χ1n) is 9.23. The first-order chi connectivity index (χ1) is 13.3. The maximum Gasteiger partial charge on any atom is 0.340 e. The smallest absolute Gasteiger partial charge is 0.340 e. The van der Waals surface area contributed by atoms with Crippen LogP contribution in [0.1, 0.15) is 46.0 Å². The van der Waals surface area contributed by atoms with E-state index in [1.165, 1.54) is 7.11 Å². The summed E-state index contributed by atoms with van der Waals surface area (Å²) < 4.78 is 15.8. The minimum atomic E-state index is -0.483. The summed E-state index contributed by atoms with van der Waals surface area (Å²) in [7, 11) is 1.53. The molecule has 7 nitrogen and oxygen atoms in total. The SMILES string of the molecule is COCCOC(=O)c1c(C)[nH]c(C(=O)Nc2ccccc2OCC(C)C)c1C. The lowest BCUT2D eigenvalue weighted by molar-refractivity contribution is 0.0387. The maximum atomic E-state index is 12.8. The molecule has 2 aromatic rings. The van der Waals surface area contributed by atoms with E-state index in [1.807, 2.05) is 18.2 Å². The van der Waals surface area contributed by atoms with Gasteiger partial charge in [-0.1, -0.05) is 26.0 Å². The van der Waals surface area contributed by atoms with Crippen molar-refractivity contribution in [3.8, 4) is 5.75 Å². The van der Waals surface area contributed by atoms with Crippen LogP contribution in [-0.4, -0.2) is 43.8 Å². The molecule has 0 atom stereocenters. The zero-order valence-corrected chi connectivity index (χ0v) is 17.0. The van der Waals surface area contributed by atoms with Gasteiger partial charge in [0.05, 0.1) is 24.5 Å². The Morgan fingerprint density at radius 3 is 2.54 bits per heavy atom. The molecule has 0 aliphatic rings. The van der Waals surface area contributed by atoms with Crippen LogP contribution in [0.25, 0.3) is 0 Å². The number of hydrogen-bond donors (Lipinski definition) is 2. The van der Waals surface area contributed by atoms with Crippen LogP contribution in [0.5, 0.6) is 5.75 Å². The summed E-state index contributed by atoms with van der Waals surface area (Å²) in [5.74, 6) is 0.133. The number of amides is 1. The second-order valence-electron chi connectivity index (χ2n) is 6.91. The van der Waals surface area contributed by atoms with Crippen molar-refractivity contribution >= 4 is 17.6 Å². The lowest BCUT2D eigenvalue weighted by Gasteiger charge is -2.13. The predicted molar refractivity (Wildman–Crippen MR) is 107 cm³/mol. The third-order valence-corrected chi connectivity index (χ3v) is 4.10. The number of hydrogen-bond acceptors (Lipinski definition) is 5. The van der Waals surface area contributed by atoms with Gasteiger partial charge in [0.2, 0.25) is 0 Å². The molecule has 0 aliphatic heterocycles. The van der Waals surface area contributed by atoms with Crippen molar-refractivity contribution in [1.29, 1.82) is 0 Å². The van der Waals surface area contributed by atoms with Crippen molar-refractivity contribution < 1.29 is 23.8 Å². The van der Waals surface area contributed by atoms with Gasteiger partial charge in [-0.3, -0.25) is 4.79 Å². The van der Waals surface area contributed by atoms with Crippen LogP contribution in [0.2, 0.25) is 0 Å². The molecule has 7 heteroatoms. The maximum absolute atomic E-state index is 12.8. The van der Waals surface area contributed by atoms with Crippen molar-refractivity contribution in [3.63, 3.8) is 0 Å². The number of aryl methyl sites for hydroxylation is 1. The van der Waals surface area contributed by atoms with Crippen LogP contribution in [0.15, 0.2) is 24.3 Å². The highest BCUT2D eigenvalue weighted by Crippen LogP contribution is 2.26. The summed E-state index contributed by atoms with van der Waals surface area (Å²) in [6.45, 7) is 8.57. The first-order valence-corrected chi connectivity index (χ1v) is 9.23. The summed E-state index contributed by atoms with van der Waals surface area (Å²) in [5.41, 5.74) is 2.37. The number of para-hydroxylation sites is 2. The molecule has 1 heterocycles. The predicted octanol–water partition coefficient (Wildman–Crippen LogP) is 3.72. The molecule has 28 heavy (non-hydrogen) atoms. The largest absolute Gasteiger partial charge is 0.491 e. The molecule has 0 unspecified atom stereocenters. The van der Waals surface area contributed by atoms with E-state index in [0.717, 1.165) is 0 Å². The van der Waals surface area contributed by atoms with E-state index in [0.29, 0.717) is 53.1 Å². The molecular formula is C21H28N2O5. The van der Waals surface area contributed by atoms with Gasteiger partial charge in [0.15, 0.2) is 0 Å².